The third-order valence-corrected chi connectivity index (χ3v) is 3.08. The van der Waals surface area contributed by atoms with E-state index in [1.807, 2.05) is 12.1 Å². The molecule has 0 bridgehead atoms. The fourth-order valence-corrected chi connectivity index (χ4v) is 1.62. The van der Waals surface area contributed by atoms with E-state index in [-0.39, 0.29) is 12.1 Å². The summed E-state index contributed by atoms with van der Waals surface area (Å²) in [5.74, 6) is 0. The normalized spacial score (nSPS) is 10.9. The van der Waals surface area contributed by atoms with Crippen LogP contribution in [0, 0.1) is 11.3 Å². The maximum atomic E-state index is 9.42. The molecule has 0 fully saturated rings. The number of hydrogen-bond donors (Lipinski definition) is 2. The van der Waals surface area contributed by atoms with Gasteiger partial charge in [-0.2, -0.15) is 5.26 Å². The molecule has 0 saturated heterocycles. The van der Waals surface area contributed by atoms with Crippen LogP contribution >= 0.6 is 0 Å². The number of anilines is 1. The SMILES string of the molecule is CCC(CC)(CO)Nc1ccc(C#N)cc1. The summed E-state index contributed by atoms with van der Waals surface area (Å²) in [5.41, 5.74) is 1.33. The largest absolute Gasteiger partial charge is 0.394 e. The van der Waals surface area contributed by atoms with E-state index in [9.17, 15) is 5.11 Å². The lowest BCUT2D eigenvalue weighted by Crippen LogP contribution is -2.40. The first-order valence-electron chi connectivity index (χ1n) is 5.59. The molecule has 86 valence electrons. The average Bonchev–Trinajstić information content (AvgIpc) is 2.37. The van der Waals surface area contributed by atoms with Gasteiger partial charge in [0.15, 0.2) is 0 Å². The quantitative estimate of drug-likeness (QED) is 0.798. The molecule has 2 N–H and O–H groups in total. The van der Waals surface area contributed by atoms with E-state index in [0.29, 0.717) is 5.56 Å². The van der Waals surface area contributed by atoms with E-state index >= 15 is 0 Å². The van der Waals surface area contributed by atoms with Gasteiger partial charge in [0.2, 0.25) is 0 Å². The van der Waals surface area contributed by atoms with Crippen LogP contribution in [0.15, 0.2) is 24.3 Å². The van der Waals surface area contributed by atoms with Crippen LogP contribution in [0.3, 0.4) is 0 Å². The monoisotopic (exact) mass is 218 g/mol. The molecule has 0 unspecified atom stereocenters. The zero-order chi connectivity index (χ0) is 12.0. The van der Waals surface area contributed by atoms with Gasteiger partial charge in [0, 0.05) is 5.69 Å². The highest BCUT2D eigenvalue weighted by molar-refractivity contribution is 5.49. The second-order valence-corrected chi connectivity index (χ2v) is 3.96. The molecule has 0 amide bonds. The zero-order valence-corrected chi connectivity index (χ0v) is 9.83. The molecule has 1 aromatic rings. The Morgan fingerprint density at radius 2 is 1.81 bits per heavy atom. The van der Waals surface area contributed by atoms with Gasteiger partial charge in [0.05, 0.1) is 23.8 Å². The molecule has 0 radical (unpaired) electrons. The predicted molar refractivity (Wildman–Crippen MR) is 65.2 cm³/mol. The topological polar surface area (TPSA) is 56.0 Å². The van der Waals surface area contributed by atoms with Crippen molar-refractivity contribution in [2.75, 3.05) is 11.9 Å². The Labute approximate surface area is 96.7 Å². The summed E-state index contributed by atoms with van der Waals surface area (Å²) in [6.45, 7) is 4.22. The van der Waals surface area contributed by atoms with Gasteiger partial charge in [-0.3, -0.25) is 0 Å². The second-order valence-electron chi connectivity index (χ2n) is 3.96. The van der Waals surface area contributed by atoms with Crippen molar-refractivity contribution < 1.29 is 5.11 Å². The van der Waals surface area contributed by atoms with Crippen LogP contribution in [0.4, 0.5) is 5.69 Å². The Kier molecular flexibility index (Phi) is 4.33. The number of aliphatic hydroxyl groups excluding tert-OH is 1. The minimum absolute atomic E-state index is 0.111. The van der Waals surface area contributed by atoms with E-state index in [0.717, 1.165) is 18.5 Å². The number of aliphatic hydroxyl groups is 1. The number of nitrogens with zero attached hydrogens (tertiary/aromatic N) is 1. The summed E-state index contributed by atoms with van der Waals surface area (Å²) >= 11 is 0. The van der Waals surface area contributed by atoms with Gasteiger partial charge >= 0.3 is 0 Å². The van der Waals surface area contributed by atoms with Crippen molar-refractivity contribution in [3.63, 3.8) is 0 Å². The van der Waals surface area contributed by atoms with Gasteiger partial charge in [0.1, 0.15) is 0 Å². The fourth-order valence-electron chi connectivity index (χ4n) is 1.62. The first kappa shape index (κ1) is 12.5. The molecule has 1 rings (SSSR count). The molecular weight excluding hydrogens is 200 g/mol. The van der Waals surface area contributed by atoms with Crippen LogP contribution < -0.4 is 5.32 Å². The predicted octanol–water partition coefficient (Wildman–Crippen LogP) is 2.52. The molecule has 0 spiro atoms. The summed E-state index contributed by atoms with van der Waals surface area (Å²) < 4.78 is 0. The Bertz CT molecular complexity index is 352. The summed E-state index contributed by atoms with van der Waals surface area (Å²) in [6.07, 6.45) is 1.72. The van der Waals surface area contributed by atoms with Gasteiger partial charge < -0.3 is 10.4 Å². The van der Waals surface area contributed by atoms with Gasteiger partial charge in [-0.05, 0) is 37.1 Å². The molecule has 0 aliphatic carbocycles. The van der Waals surface area contributed by atoms with Crippen molar-refractivity contribution in [1.82, 2.24) is 0 Å². The van der Waals surface area contributed by atoms with Crippen molar-refractivity contribution in [3.8, 4) is 6.07 Å². The third-order valence-electron chi connectivity index (χ3n) is 3.08. The summed E-state index contributed by atoms with van der Waals surface area (Å²) in [4.78, 5) is 0. The van der Waals surface area contributed by atoms with Crippen LogP contribution in [0.2, 0.25) is 0 Å². The van der Waals surface area contributed by atoms with Gasteiger partial charge in [-0.15, -0.1) is 0 Å². The Morgan fingerprint density at radius 1 is 1.25 bits per heavy atom. The van der Waals surface area contributed by atoms with E-state index in [1.54, 1.807) is 12.1 Å². The Balaban J connectivity index is 2.82. The summed E-state index contributed by atoms with van der Waals surface area (Å²) in [5, 5.41) is 21.4. The highest BCUT2D eigenvalue weighted by Crippen LogP contribution is 2.21. The average molecular weight is 218 g/mol. The van der Waals surface area contributed by atoms with Crippen molar-refractivity contribution >= 4 is 5.69 Å². The molecule has 16 heavy (non-hydrogen) atoms. The first-order valence-corrected chi connectivity index (χ1v) is 5.59. The molecule has 0 aliphatic heterocycles. The molecule has 3 nitrogen and oxygen atoms in total. The van der Waals surface area contributed by atoms with Crippen molar-refractivity contribution in [3.05, 3.63) is 29.8 Å². The minimum Gasteiger partial charge on any atom is -0.394 e. The molecule has 1 aromatic carbocycles. The number of rotatable bonds is 5. The van der Waals surface area contributed by atoms with Crippen LogP contribution in [0.1, 0.15) is 32.3 Å². The maximum absolute atomic E-state index is 9.42. The summed E-state index contributed by atoms with van der Waals surface area (Å²) in [6, 6.07) is 9.37. The highest BCUT2D eigenvalue weighted by Gasteiger charge is 2.24. The van der Waals surface area contributed by atoms with E-state index in [1.165, 1.54) is 0 Å². The zero-order valence-electron chi connectivity index (χ0n) is 9.83. The lowest BCUT2D eigenvalue weighted by Gasteiger charge is -2.32. The van der Waals surface area contributed by atoms with Gasteiger partial charge in [-0.1, -0.05) is 13.8 Å². The summed E-state index contributed by atoms with van der Waals surface area (Å²) in [7, 11) is 0. The first-order chi connectivity index (χ1) is 7.69. The standard InChI is InChI=1S/C13H18N2O/c1-3-13(4-2,10-16)15-12-7-5-11(9-14)6-8-12/h5-8,15-16H,3-4,10H2,1-2H3. The minimum atomic E-state index is -0.256. The molecule has 0 saturated carbocycles. The number of benzene rings is 1. The van der Waals surface area contributed by atoms with Gasteiger partial charge in [0.25, 0.3) is 0 Å². The smallest absolute Gasteiger partial charge is 0.0991 e. The van der Waals surface area contributed by atoms with E-state index in [2.05, 4.69) is 25.2 Å². The van der Waals surface area contributed by atoms with Crippen molar-refractivity contribution in [1.29, 1.82) is 5.26 Å². The van der Waals surface area contributed by atoms with Gasteiger partial charge in [-0.25, -0.2) is 0 Å². The number of hydrogen-bond acceptors (Lipinski definition) is 3. The maximum Gasteiger partial charge on any atom is 0.0991 e. The number of nitrogens with one attached hydrogen (secondary N) is 1. The van der Waals surface area contributed by atoms with Crippen LogP contribution in [-0.2, 0) is 0 Å². The van der Waals surface area contributed by atoms with Crippen LogP contribution in [-0.4, -0.2) is 17.3 Å². The lowest BCUT2D eigenvalue weighted by atomic mass is 9.93. The third kappa shape index (κ3) is 2.74. The van der Waals surface area contributed by atoms with Crippen molar-refractivity contribution in [2.45, 2.75) is 32.2 Å². The van der Waals surface area contributed by atoms with Crippen molar-refractivity contribution in [2.24, 2.45) is 0 Å². The second kappa shape index (κ2) is 5.53. The Morgan fingerprint density at radius 3 is 2.19 bits per heavy atom. The number of nitriles is 1. The fraction of sp³-hybridized carbons (Fsp3) is 0.462. The van der Waals surface area contributed by atoms with Crippen LogP contribution in [0.5, 0.6) is 0 Å². The lowest BCUT2D eigenvalue weighted by molar-refractivity contribution is 0.202. The molecular formula is C13H18N2O. The molecule has 0 atom stereocenters. The highest BCUT2D eigenvalue weighted by atomic mass is 16.3. The van der Waals surface area contributed by atoms with Crippen LogP contribution in [0.25, 0.3) is 0 Å². The van der Waals surface area contributed by atoms with E-state index < -0.39 is 0 Å². The molecule has 0 aliphatic rings. The molecule has 0 heterocycles. The Hall–Kier alpha value is -1.53. The molecule has 0 aromatic heterocycles. The van der Waals surface area contributed by atoms with E-state index in [4.69, 9.17) is 5.26 Å². The molecule has 3 heteroatoms.